The summed E-state index contributed by atoms with van der Waals surface area (Å²) in [6, 6.07) is -2.34. The Bertz CT molecular complexity index is 798. The van der Waals surface area contributed by atoms with E-state index in [1.54, 1.807) is 0 Å². The van der Waals surface area contributed by atoms with E-state index in [1.165, 1.54) is 6.20 Å². The highest BCUT2D eigenvalue weighted by molar-refractivity contribution is 7.99. The number of carboxylic acid groups (broad SMARTS) is 2. The maximum absolute atomic E-state index is 12.4. The molecule has 12 nitrogen and oxygen atoms in total. The Labute approximate surface area is 187 Å². The van der Waals surface area contributed by atoms with Crippen LogP contribution in [0.3, 0.4) is 0 Å². The number of nitrogens with two attached hydrogens (primary N) is 1. The molecule has 0 aliphatic rings. The van der Waals surface area contributed by atoms with Crippen LogP contribution < -0.4 is 16.4 Å². The normalized spacial score (nSPS) is 12.6. The number of carboxylic acids is 2. The lowest BCUT2D eigenvalue weighted by Gasteiger charge is -2.18. The van der Waals surface area contributed by atoms with E-state index in [0.29, 0.717) is 17.2 Å². The summed E-state index contributed by atoms with van der Waals surface area (Å²) in [5, 5.41) is 22.6. The van der Waals surface area contributed by atoms with E-state index in [9.17, 15) is 19.2 Å². The summed E-state index contributed by atoms with van der Waals surface area (Å²) in [5.41, 5.74) is 6.00. The predicted molar refractivity (Wildman–Crippen MR) is 111 cm³/mol. The van der Waals surface area contributed by atoms with Gasteiger partial charge in [0, 0.05) is 30.5 Å². The number of thioether (sulfide) groups is 1. The fourth-order valence-corrected chi connectivity index (χ4v) is 3.31. The number of aliphatic carboxylic acids is 2. The van der Waals surface area contributed by atoms with Crippen molar-refractivity contribution >= 4 is 47.1 Å². The number of carbonyl (C=O) groups is 4. The Balaban J connectivity index is 2.86. The predicted octanol–water partition coefficient (Wildman–Crippen LogP) is -0.364. The van der Waals surface area contributed by atoms with E-state index in [2.05, 4.69) is 20.6 Å². The molecule has 1 aromatic rings. The van der Waals surface area contributed by atoms with Gasteiger partial charge in [0.2, 0.25) is 17.1 Å². The van der Waals surface area contributed by atoms with Crippen LogP contribution in [0.1, 0.15) is 25.3 Å². The Morgan fingerprint density at radius 1 is 1.32 bits per heavy atom. The van der Waals surface area contributed by atoms with Gasteiger partial charge in [-0.15, -0.1) is 11.8 Å². The van der Waals surface area contributed by atoms with Gasteiger partial charge in [-0.2, -0.15) is 0 Å². The zero-order valence-corrected chi connectivity index (χ0v) is 18.2. The molecule has 172 valence electrons. The second-order valence-electron chi connectivity index (χ2n) is 6.13. The molecule has 0 unspecified atom stereocenters. The van der Waals surface area contributed by atoms with E-state index in [-0.39, 0.29) is 30.5 Å². The lowest BCUT2D eigenvalue weighted by Crippen LogP contribution is -2.49. The Morgan fingerprint density at radius 2 is 2.03 bits per heavy atom. The second kappa shape index (κ2) is 13.7. The van der Waals surface area contributed by atoms with Crippen LogP contribution in [0.15, 0.2) is 11.2 Å². The molecular formula is C17H24ClN5O7S. The summed E-state index contributed by atoms with van der Waals surface area (Å²) in [4.78, 5) is 54.0. The number of rotatable bonds is 14. The van der Waals surface area contributed by atoms with Crippen molar-refractivity contribution in [2.45, 2.75) is 43.5 Å². The summed E-state index contributed by atoms with van der Waals surface area (Å²) in [6.45, 7) is 1.86. The van der Waals surface area contributed by atoms with Crippen LogP contribution >= 0.6 is 23.4 Å². The number of ether oxygens (including phenoxy) is 1. The molecule has 14 heteroatoms. The zero-order valence-electron chi connectivity index (χ0n) is 16.7. The Kier molecular flexibility index (Phi) is 11.8. The van der Waals surface area contributed by atoms with Crippen molar-refractivity contribution in [1.29, 1.82) is 0 Å². The molecule has 0 aliphatic heterocycles. The monoisotopic (exact) mass is 477 g/mol. The molecule has 0 fully saturated rings. The number of nitrogens with zero attached hydrogens (tertiary/aromatic N) is 2. The van der Waals surface area contributed by atoms with Crippen LogP contribution in [0.5, 0.6) is 0 Å². The molecule has 0 aliphatic carbocycles. The average molecular weight is 478 g/mol. The van der Waals surface area contributed by atoms with Gasteiger partial charge in [-0.1, -0.05) is 0 Å². The van der Waals surface area contributed by atoms with E-state index in [4.69, 9.17) is 32.3 Å². The Morgan fingerprint density at radius 3 is 2.65 bits per heavy atom. The van der Waals surface area contributed by atoms with E-state index < -0.39 is 42.4 Å². The molecule has 0 radical (unpaired) electrons. The van der Waals surface area contributed by atoms with Crippen molar-refractivity contribution in [3.8, 4) is 0 Å². The number of halogens is 1. The van der Waals surface area contributed by atoms with Crippen molar-refractivity contribution < 1.29 is 34.1 Å². The number of hydrogen-bond acceptors (Lipinski definition) is 9. The van der Waals surface area contributed by atoms with Gasteiger partial charge in [0.1, 0.15) is 23.7 Å². The third kappa shape index (κ3) is 10.4. The molecule has 2 atom stereocenters. The molecular weight excluding hydrogens is 454 g/mol. The average Bonchev–Trinajstić information content (AvgIpc) is 2.72. The van der Waals surface area contributed by atoms with Crippen molar-refractivity contribution in [2.75, 3.05) is 18.9 Å². The van der Waals surface area contributed by atoms with Crippen molar-refractivity contribution in [3.63, 3.8) is 0 Å². The van der Waals surface area contributed by atoms with Crippen molar-refractivity contribution in [3.05, 3.63) is 17.0 Å². The minimum Gasteiger partial charge on any atom is -0.480 e. The van der Waals surface area contributed by atoms with Gasteiger partial charge in [0.15, 0.2) is 0 Å². The second-order valence-corrected chi connectivity index (χ2v) is 7.48. The van der Waals surface area contributed by atoms with Gasteiger partial charge < -0.3 is 31.3 Å². The lowest BCUT2D eigenvalue weighted by molar-refractivity contribution is -0.139. The molecule has 6 N–H and O–H groups in total. The minimum absolute atomic E-state index is 0.00531. The first-order valence-corrected chi connectivity index (χ1v) is 10.5. The first kappa shape index (κ1) is 26.6. The molecule has 0 aromatic carbocycles. The molecule has 31 heavy (non-hydrogen) atoms. The first-order chi connectivity index (χ1) is 14.6. The lowest BCUT2D eigenvalue weighted by atomic mass is 10.1. The van der Waals surface area contributed by atoms with Gasteiger partial charge >= 0.3 is 11.9 Å². The van der Waals surface area contributed by atoms with Crippen LogP contribution in [0.4, 0.5) is 0 Å². The summed E-state index contributed by atoms with van der Waals surface area (Å²) in [7, 11) is 0. The summed E-state index contributed by atoms with van der Waals surface area (Å²) < 4.78 is 5.35. The molecule has 1 aromatic heterocycles. The minimum atomic E-state index is -1.25. The van der Waals surface area contributed by atoms with Crippen molar-refractivity contribution in [1.82, 2.24) is 20.6 Å². The van der Waals surface area contributed by atoms with Gasteiger partial charge in [-0.25, -0.2) is 9.97 Å². The number of nitrogens with one attached hydrogen (secondary N) is 2. The zero-order chi connectivity index (χ0) is 23.4. The molecule has 2 amide bonds. The number of aromatic nitrogens is 2. The molecule has 1 rings (SSSR count). The number of carbonyl (C=O) groups excluding carboxylic acids is 2. The largest absolute Gasteiger partial charge is 0.480 e. The maximum Gasteiger partial charge on any atom is 0.322 e. The van der Waals surface area contributed by atoms with Crippen LogP contribution in [0.25, 0.3) is 0 Å². The van der Waals surface area contributed by atoms with Crippen LogP contribution in [0.2, 0.25) is 5.28 Å². The Hall–Kier alpha value is -2.48. The standard InChI is InChI=1S/C17H24ClN5O7S/c1-2-30-7-9-5-21-17(18)23-15(9)31-8-11(14(27)20-6-13(25)26)22-12(24)4-3-10(19)16(28)29/h5,10-11H,2-4,6-8,19H2,1H3,(H,20,27)(H,22,24)(H,25,26)(H,28,29)/t10-,11-/m0/s1. The number of amides is 2. The van der Waals surface area contributed by atoms with E-state index in [0.717, 1.165) is 11.8 Å². The SMILES string of the molecule is CCOCc1cnc(Cl)nc1SC[C@H](NC(=O)CC[C@H](N)C(=O)O)C(=O)NCC(=O)O. The van der Waals surface area contributed by atoms with E-state index >= 15 is 0 Å². The fourth-order valence-electron chi connectivity index (χ4n) is 2.11. The smallest absolute Gasteiger partial charge is 0.322 e. The molecule has 1 heterocycles. The summed E-state index contributed by atoms with van der Waals surface area (Å²) in [5.74, 6) is -3.84. The van der Waals surface area contributed by atoms with Gasteiger partial charge in [-0.05, 0) is 24.9 Å². The third-order valence-electron chi connectivity index (χ3n) is 3.71. The van der Waals surface area contributed by atoms with Gasteiger partial charge in [-0.3, -0.25) is 19.2 Å². The van der Waals surface area contributed by atoms with Crippen LogP contribution in [-0.2, 0) is 30.5 Å². The maximum atomic E-state index is 12.4. The van der Waals surface area contributed by atoms with Crippen LogP contribution in [-0.4, -0.2) is 74.9 Å². The highest BCUT2D eigenvalue weighted by atomic mass is 35.5. The van der Waals surface area contributed by atoms with Gasteiger partial charge in [0.05, 0.1) is 6.61 Å². The molecule has 0 saturated heterocycles. The third-order valence-corrected chi connectivity index (χ3v) is 5.02. The molecule has 0 saturated carbocycles. The summed E-state index contributed by atoms with van der Waals surface area (Å²) in [6.07, 6.45) is 1.13. The van der Waals surface area contributed by atoms with Gasteiger partial charge in [0.25, 0.3) is 0 Å². The van der Waals surface area contributed by atoms with Crippen LogP contribution in [0, 0.1) is 0 Å². The van der Waals surface area contributed by atoms with Crippen molar-refractivity contribution in [2.24, 2.45) is 5.73 Å². The quantitative estimate of drug-likeness (QED) is 0.133. The first-order valence-electron chi connectivity index (χ1n) is 9.13. The number of hydrogen-bond donors (Lipinski definition) is 5. The summed E-state index contributed by atoms with van der Waals surface area (Å²) >= 11 is 6.94. The molecule has 0 spiro atoms. The topological polar surface area (TPSA) is 194 Å². The fraction of sp³-hybridized carbons (Fsp3) is 0.529. The molecule has 0 bridgehead atoms. The van der Waals surface area contributed by atoms with E-state index in [1.807, 2.05) is 6.92 Å². The highest BCUT2D eigenvalue weighted by Gasteiger charge is 2.23. The highest BCUT2D eigenvalue weighted by Crippen LogP contribution is 2.23.